The number of para-hydroxylation sites is 1. The minimum atomic E-state index is 0.730. The van der Waals surface area contributed by atoms with Crippen LogP contribution in [0, 0.1) is 0 Å². The third kappa shape index (κ3) is 3.80. The Labute approximate surface area is 172 Å². The summed E-state index contributed by atoms with van der Waals surface area (Å²) in [6.45, 7) is 5.69. The van der Waals surface area contributed by atoms with Crippen LogP contribution in [0.3, 0.4) is 0 Å². The summed E-state index contributed by atoms with van der Waals surface area (Å²) in [6.07, 6.45) is 4.88. The highest BCUT2D eigenvalue weighted by Crippen LogP contribution is 2.29. The van der Waals surface area contributed by atoms with Gasteiger partial charge in [-0.05, 0) is 43.7 Å². The van der Waals surface area contributed by atoms with Crippen LogP contribution in [0.5, 0.6) is 5.75 Å². The average Bonchev–Trinajstić information content (AvgIpc) is 3.41. The van der Waals surface area contributed by atoms with E-state index in [1.54, 1.807) is 7.11 Å². The van der Waals surface area contributed by atoms with Gasteiger partial charge in [-0.15, -0.1) is 0 Å². The first-order valence-electron chi connectivity index (χ1n) is 10.5. The lowest BCUT2D eigenvalue weighted by Crippen LogP contribution is -2.49. The van der Waals surface area contributed by atoms with Crippen molar-refractivity contribution in [2.75, 3.05) is 33.3 Å². The molecular formula is C24H28N4O. The summed E-state index contributed by atoms with van der Waals surface area (Å²) in [4.78, 5) is 5.26. The summed E-state index contributed by atoms with van der Waals surface area (Å²) in [5.41, 5.74) is 4.51. The summed E-state index contributed by atoms with van der Waals surface area (Å²) < 4.78 is 7.46. The van der Waals surface area contributed by atoms with Gasteiger partial charge in [-0.25, -0.2) is 4.68 Å². The molecule has 5 nitrogen and oxygen atoms in total. The summed E-state index contributed by atoms with van der Waals surface area (Å²) >= 11 is 0. The first-order chi connectivity index (χ1) is 14.3. The van der Waals surface area contributed by atoms with Gasteiger partial charge in [-0.3, -0.25) is 9.80 Å². The number of aromatic nitrogens is 2. The van der Waals surface area contributed by atoms with Crippen molar-refractivity contribution in [1.82, 2.24) is 19.6 Å². The van der Waals surface area contributed by atoms with E-state index < -0.39 is 0 Å². The van der Waals surface area contributed by atoms with Gasteiger partial charge in [-0.2, -0.15) is 5.10 Å². The molecule has 1 aromatic heterocycles. The lowest BCUT2D eigenvalue weighted by atomic mass is 10.1. The van der Waals surface area contributed by atoms with Gasteiger partial charge in [0.2, 0.25) is 0 Å². The fourth-order valence-corrected chi connectivity index (χ4v) is 4.69. The van der Waals surface area contributed by atoms with Crippen LogP contribution in [-0.4, -0.2) is 58.9 Å². The van der Waals surface area contributed by atoms with E-state index in [1.807, 2.05) is 22.9 Å². The lowest BCUT2D eigenvalue weighted by molar-refractivity contribution is 0.0995. The highest BCUT2D eigenvalue weighted by Gasteiger charge is 2.31. The molecule has 2 saturated heterocycles. The maximum atomic E-state index is 5.45. The van der Waals surface area contributed by atoms with Crippen molar-refractivity contribution < 1.29 is 4.74 Å². The van der Waals surface area contributed by atoms with Crippen molar-refractivity contribution in [3.8, 4) is 22.7 Å². The zero-order valence-electron chi connectivity index (χ0n) is 17.0. The Morgan fingerprint density at radius 2 is 1.93 bits per heavy atom. The van der Waals surface area contributed by atoms with E-state index in [4.69, 9.17) is 9.84 Å². The summed E-state index contributed by atoms with van der Waals surface area (Å²) in [5, 5.41) is 4.98. The molecule has 3 aromatic rings. The molecule has 0 spiro atoms. The molecule has 0 saturated carbocycles. The molecule has 0 bridgehead atoms. The number of methoxy groups -OCH3 is 1. The molecule has 0 amide bonds. The van der Waals surface area contributed by atoms with Crippen molar-refractivity contribution >= 4 is 0 Å². The van der Waals surface area contributed by atoms with Crippen LogP contribution in [0.2, 0.25) is 0 Å². The monoisotopic (exact) mass is 388 g/mol. The molecule has 2 aliphatic heterocycles. The molecule has 5 rings (SSSR count). The van der Waals surface area contributed by atoms with Crippen LogP contribution in [0.25, 0.3) is 16.9 Å². The van der Waals surface area contributed by atoms with Crippen LogP contribution < -0.4 is 4.74 Å². The molecule has 2 aliphatic rings. The number of fused-ring (bicyclic) bond motifs is 1. The van der Waals surface area contributed by atoms with Gasteiger partial charge in [0.1, 0.15) is 5.75 Å². The van der Waals surface area contributed by atoms with Crippen molar-refractivity contribution in [2.24, 2.45) is 0 Å². The van der Waals surface area contributed by atoms with Crippen molar-refractivity contribution in [3.05, 3.63) is 66.4 Å². The average molecular weight is 389 g/mol. The van der Waals surface area contributed by atoms with Crippen LogP contribution in [0.15, 0.2) is 60.8 Å². The van der Waals surface area contributed by atoms with Gasteiger partial charge in [0.15, 0.2) is 0 Å². The zero-order chi connectivity index (χ0) is 19.6. The number of hydrogen-bond donors (Lipinski definition) is 0. The SMILES string of the molecule is COc1cccc(-c2nn(-c3ccccc3)cc2CN2CCN3CCC[C@@H]3C2)c1. The second-order valence-electron chi connectivity index (χ2n) is 8.08. The molecule has 150 valence electrons. The molecule has 29 heavy (non-hydrogen) atoms. The minimum Gasteiger partial charge on any atom is -0.497 e. The van der Waals surface area contributed by atoms with E-state index in [1.165, 1.54) is 31.5 Å². The highest BCUT2D eigenvalue weighted by atomic mass is 16.5. The van der Waals surface area contributed by atoms with Crippen molar-refractivity contribution in [1.29, 1.82) is 0 Å². The van der Waals surface area contributed by atoms with Crippen molar-refractivity contribution in [3.63, 3.8) is 0 Å². The van der Waals surface area contributed by atoms with Crippen molar-refractivity contribution in [2.45, 2.75) is 25.4 Å². The Bertz CT molecular complexity index is 968. The van der Waals surface area contributed by atoms with Crippen LogP contribution in [0.4, 0.5) is 0 Å². The second-order valence-corrected chi connectivity index (χ2v) is 8.08. The zero-order valence-corrected chi connectivity index (χ0v) is 17.0. The van der Waals surface area contributed by atoms with Crippen LogP contribution in [-0.2, 0) is 6.54 Å². The summed E-state index contributed by atoms with van der Waals surface area (Å²) in [7, 11) is 1.71. The Kier molecular flexibility index (Phi) is 5.08. The Balaban J connectivity index is 1.48. The maximum absolute atomic E-state index is 5.45. The van der Waals surface area contributed by atoms with E-state index in [-0.39, 0.29) is 0 Å². The quantitative estimate of drug-likeness (QED) is 0.665. The third-order valence-electron chi connectivity index (χ3n) is 6.22. The van der Waals surface area contributed by atoms with E-state index in [0.717, 1.165) is 48.4 Å². The van der Waals surface area contributed by atoms with Gasteiger partial charge in [0.25, 0.3) is 0 Å². The molecule has 0 N–H and O–H groups in total. The first kappa shape index (κ1) is 18.4. The van der Waals surface area contributed by atoms with E-state index in [2.05, 4.69) is 52.4 Å². The molecule has 0 aliphatic carbocycles. The molecule has 0 radical (unpaired) electrons. The Morgan fingerprint density at radius 1 is 1.03 bits per heavy atom. The normalized spacial score (nSPS) is 20.0. The van der Waals surface area contributed by atoms with Crippen LogP contribution in [0.1, 0.15) is 18.4 Å². The number of nitrogens with zero attached hydrogens (tertiary/aromatic N) is 4. The van der Waals surface area contributed by atoms with Gasteiger partial charge >= 0.3 is 0 Å². The standard InChI is InChI=1S/C24H28N4O/c1-29-23-11-5-7-19(15-23)24-20(17-28(25-24)21-8-3-2-4-9-21)16-26-13-14-27-12-6-10-22(27)18-26/h2-5,7-9,11,15,17,22H,6,10,12-14,16,18H2,1H3/t22-/m1/s1. The predicted octanol–water partition coefficient (Wildman–Crippen LogP) is 3.83. The fraction of sp³-hybridized carbons (Fsp3) is 0.375. The van der Waals surface area contributed by atoms with E-state index >= 15 is 0 Å². The highest BCUT2D eigenvalue weighted by molar-refractivity contribution is 5.65. The lowest BCUT2D eigenvalue weighted by Gasteiger charge is -2.37. The first-order valence-corrected chi connectivity index (χ1v) is 10.5. The van der Waals surface area contributed by atoms with Gasteiger partial charge < -0.3 is 4.74 Å². The summed E-state index contributed by atoms with van der Waals surface area (Å²) in [5.74, 6) is 0.863. The molecule has 3 heterocycles. The largest absolute Gasteiger partial charge is 0.497 e. The number of piperazine rings is 1. The second kappa shape index (κ2) is 8.01. The van der Waals surface area contributed by atoms with E-state index in [0.29, 0.717) is 0 Å². The molecule has 2 fully saturated rings. The van der Waals surface area contributed by atoms with Crippen LogP contribution >= 0.6 is 0 Å². The number of ether oxygens (including phenoxy) is 1. The smallest absolute Gasteiger partial charge is 0.119 e. The molecule has 0 unspecified atom stereocenters. The molecule has 5 heteroatoms. The Morgan fingerprint density at radius 3 is 2.79 bits per heavy atom. The Hall–Kier alpha value is -2.63. The van der Waals surface area contributed by atoms with Gasteiger partial charge in [0.05, 0.1) is 18.5 Å². The predicted molar refractivity (Wildman–Crippen MR) is 115 cm³/mol. The third-order valence-corrected chi connectivity index (χ3v) is 6.22. The molecular weight excluding hydrogens is 360 g/mol. The molecule has 1 atom stereocenters. The van der Waals surface area contributed by atoms with Gasteiger partial charge in [0, 0.05) is 49.5 Å². The topological polar surface area (TPSA) is 33.5 Å². The van der Waals surface area contributed by atoms with E-state index in [9.17, 15) is 0 Å². The minimum absolute atomic E-state index is 0.730. The number of rotatable bonds is 5. The van der Waals surface area contributed by atoms with Gasteiger partial charge in [-0.1, -0.05) is 30.3 Å². The molecule has 2 aromatic carbocycles. The number of hydrogen-bond acceptors (Lipinski definition) is 4. The maximum Gasteiger partial charge on any atom is 0.119 e. The fourth-order valence-electron chi connectivity index (χ4n) is 4.69. The summed E-state index contributed by atoms with van der Waals surface area (Å²) in [6, 6.07) is 19.3. The number of benzene rings is 2.